The van der Waals surface area contributed by atoms with Crippen LogP contribution in [0.2, 0.25) is 0 Å². The summed E-state index contributed by atoms with van der Waals surface area (Å²) in [4.78, 5) is 0. The summed E-state index contributed by atoms with van der Waals surface area (Å²) in [6, 6.07) is 4.73. The number of nitriles is 2. The van der Waals surface area contributed by atoms with Gasteiger partial charge in [-0.25, -0.2) is 0 Å². The lowest BCUT2D eigenvalue weighted by atomic mass is 9.80. The summed E-state index contributed by atoms with van der Waals surface area (Å²) < 4.78 is 0. The Kier molecular flexibility index (Phi) is 20.9. The number of hydrogen-bond donors (Lipinski definition) is 0. The third-order valence-electron chi connectivity index (χ3n) is 6.34. The van der Waals surface area contributed by atoms with Gasteiger partial charge in [0, 0.05) is 0 Å². The molecule has 2 heteroatoms. The molecule has 0 bridgehead atoms. The first-order valence-electron chi connectivity index (χ1n) is 13.1. The summed E-state index contributed by atoms with van der Waals surface area (Å²) >= 11 is 0. The molecule has 29 heavy (non-hydrogen) atoms. The lowest BCUT2D eigenvalue weighted by Gasteiger charge is -2.18. The van der Waals surface area contributed by atoms with E-state index in [1.165, 1.54) is 116 Å². The van der Waals surface area contributed by atoms with Gasteiger partial charge in [0.25, 0.3) is 0 Å². The molecule has 168 valence electrons. The molecule has 0 saturated carbocycles. The molecule has 0 heterocycles. The topological polar surface area (TPSA) is 47.6 Å². The molecular formula is C27H50N2. The minimum absolute atomic E-state index is 0.722. The Bertz CT molecular complexity index is 375. The van der Waals surface area contributed by atoms with E-state index in [4.69, 9.17) is 0 Å². The van der Waals surface area contributed by atoms with Crippen LogP contribution < -0.4 is 0 Å². The number of hydrogen-bond acceptors (Lipinski definition) is 2. The first-order chi connectivity index (χ1) is 14.2. The van der Waals surface area contributed by atoms with Crippen LogP contribution in [0.1, 0.15) is 155 Å². The van der Waals surface area contributed by atoms with Gasteiger partial charge in [-0.1, -0.05) is 142 Å². The predicted octanol–water partition coefficient (Wildman–Crippen LogP) is 9.64. The van der Waals surface area contributed by atoms with Crippen molar-refractivity contribution in [2.24, 2.45) is 5.41 Å². The van der Waals surface area contributed by atoms with Gasteiger partial charge in [0.05, 0.1) is 12.1 Å². The second-order valence-corrected chi connectivity index (χ2v) is 9.17. The molecule has 0 aliphatic heterocycles. The second kappa shape index (κ2) is 21.7. The molecular weight excluding hydrogens is 352 g/mol. The van der Waals surface area contributed by atoms with Crippen molar-refractivity contribution in [1.29, 1.82) is 10.5 Å². The zero-order chi connectivity index (χ0) is 21.5. The first-order valence-corrected chi connectivity index (χ1v) is 13.1. The van der Waals surface area contributed by atoms with E-state index in [0.29, 0.717) is 0 Å². The molecule has 0 aromatic heterocycles. The molecule has 0 aromatic carbocycles. The average Bonchev–Trinajstić information content (AvgIpc) is 2.75. The number of nitrogens with zero attached hydrogens (tertiary/aromatic N) is 2. The molecule has 0 fully saturated rings. The molecule has 0 aliphatic carbocycles. The van der Waals surface area contributed by atoms with E-state index in [9.17, 15) is 10.5 Å². The highest BCUT2D eigenvalue weighted by Gasteiger charge is 2.28. The van der Waals surface area contributed by atoms with Crippen molar-refractivity contribution in [2.45, 2.75) is 155 Å². The zero-order valence-corrected chi connectivity index (χ0v) is 20.0. The molecule has 0 aliphatic rings. The summed E-state index contributed by atoms with van der Waals surface area (Å²) in [5.74, 6) is 0. The van der Waals surface area contributed by atoms with Gasteiger partial charge in [0.2, 0.25) is 0 Å². The van der Waals surface area contributed by atoms with Gasteiger partial charge in [0.1, 0.15) is 5.41 Å². The van der Waals surface area contributed by atoms with Gasteiger partial charge < -0.3 is 0 Å². The molecule has 0 radical (unpaired) electrons. The van der Waals surface area contributed by atoms with Crippen molar-refractivity contribution in [1.82, 2.24) is 0 Å². The summed E-state index contributed by atoms with van der Waals surface area (Å²) in [5, 5.41) is 19.2. The Hall–Kier alpha value is -1.02. The van der Waals surface area contributed by atoms with Crippen LogP contribution >= 0.6 is 0 Å². The molecule has 0 saturated heterocycles. The minimum Gasteiger partial charge on any atom is -0.197 e. The van der Waals surface area contributed by atoms with Crippen LogP contribution in [0.15, 0.2) is 0 Å². The molecule has 0 N–H and O–H groups in total. The van der Waals surface area contributed by atoms with Crippen LogP contribution in [0.25, 0.3) is 0 Å². The van der Waals surface area contributed by atoms with Crippen molar-refractivity contribution in [3.8, 4) is 12.1 Å². The monoisotopic (exact) mass is 402 g/mol. The quantitative estimate of drug-likeness (QED) is 0.169. The van der Waals surface area contributed by atoms with Crippen molar-refractivity contribution in [3.05, 3.63) is 0 Å². The Balaban J connectivity index is 3.67. The molecule has 0 atom stereocenters. The van der Waals surface area contributed by atoms with Crippen LogP contribution in [0, 0.1) is 28.1 Å². The summed E-state index contributed by atoms with van der Waals surface area (Å²) in [7, 11) is 0. The molecule has 0 spiro atoms. The van der Waals surface area contributed by atoms with Gasteiger partial charge in [-0.15, -0.1) is 0 Å². The Morgan fingerprint density at radius 1 is 0.414 bits per heavy atom. The van der Waals surface area contributed by atoms with Gasteiger partial charge in [-0.2, -0.15) is 10.5 Å². The Labute approximate surface area is 183 Å². The van der Waals surface area contributed by atoms with E-state index >= 15 is 0 Å². The zero-order valence-electron chi connectivity index (χ0n) is 20.0. The maximum atomic E-state index is 9.59. The van der Waals surface area contributed by atoms with Gasteiger partial charge in [-0.3, -0.25) is 0 Å². The van der Waals surface area contributed by atoms with Crippen LogP contribution in [-0.2, 0) is 0 Å². The standard InChI is InChI=1S/C27H50N2/c1-3-5-7-9-11-13-15-17-19-21-23-27(25-28,26-29)24-22-20-18-16-14-12-10-8-6-4-2/h3-24H2,1-2H3. The molecule has 0 rings (SSSR count). The van der Waals surface area contributed by atoms with E-state index in [0.717, 1.165) is 25.7 Å². The van der Waals surface area contributed by atoms with E-state index in [1.54, 1.807) is 0 Å². The maximum absolute atomic E-state index is 9.59. The van der Waals surface area contributed by atoms with Crippen molar-refractivity contribution < 1.29 is 0 Å². The van der Waals surface area contributed by atoms with Crippen molar-refractivity contribution in [2.75, 3.05) is 0 Å². The molecule has 0 aromatic rings. The fraction of sp³-hybridized carbons (Fsp3) is 0.926. The Morgan fingerprint density at radius 3 is 0.897 bits per heavy atom. The van der Waals surface area contributed by atoms with Crippen LogP contribution in [0.3, 0.4) is 0 Å². The normalized spacial score (nSPS) is 11.3. The molecule has 2 nitrogen and oxygen atoms in total. The van der Waals surface area contributed by atoms with Crippen LogP contribution in [0.5, 0.6) is 0 Å². The molecule has 0 unspecified atom stereocenters. The predicted molar refractivity (Wildman–Crippen MR) is 127 cm³/mol. The lowest BCUT2D eigenvalue weighted by Crippen LogP contribution is -2.16. The number of rotatable bonds is 22. The van der Waals surface area contributed by atoms with E-state index in [-0.39, 0.29) is 0 Å². The lowest BCUT2D eigenvalue weighted by molar-refractivity contribution is 0.390. The highest BCUT2D eigenvalue weighted by Crippen LogP contribution is 2.30. The van der Waals surface area contributed by atoms with Crippen molar-refractivity contribution >= 4 is 0 Å². The molecule has 0 amide bonds. The maximum Gasteiger partial charge on any atom is 0.143 e. The fourth-order valence-corrected chi connectivity index (χ4v) is 4.20. The summed E-state index contributed by atoms with van der Waals surface area (Å²) in [5.41, 5.74) is -0.722. The van der Waals surface area contributed by atoms with Crippen molar-refractivity contribution in [3.63, 3.8) is 0 Å². The number of unbranched alkanes of at least 4 members (excludes halogenated alkanes) is 18. The summed E-state index contributed by atoms with van der Waals surface area (Å²) in [6.45, 7) is 4.53. The summed E-state index contributed by atoms with van der Waals surface area (Å²) in [6.07, 6.45) is 27.5. The fourth-order valence-electron chi connectivity index (χ4n) is 4.20. The average molecular weight is 403 g/mol. The first kappa shape index (κ1) is 28.0. The van der Waals surface area contributed by atoms with Gasteiger partial charge in [0.15, 0.2) is 0 Å². The minimum atomic E-state index is -0.722. The van der Waals surface area contributed by atoms with Gasteiger partial charge >= 0.3 is 0 Å². The van der Waals surface area contributed by atoms with E-state index < -0.39 is 5.41 Å². The largest absolute Gasteiger partial charge is 0.197 e. The highest BCUT2D eigenvalue weighted by atomic mass is 14.4. The smallest absolute Gasteiger partial charge is 0.143 e. The van der Waals surface area contributed by atoms with Crippen LogP contribution in [-0.4, -0.2) is 0 Å². The van der Waals surface area contributed by atoms with E-state index in [2.05, 4.69) is 26.0 Å². The Morgan fingerprint density at radius 2 is 0.655 bits per heavy atom. The van der Waals surface area contributed by atoms with E-state index in [1.807, 2.05) is 0 Å². The SMILES string of the molecule is CCCCCCCCCCCCC(C#N)(C#N)CCCCCCCCCCCC. The second-order valence-electron chi connectivity index (χ2n) is 9.17. The highest BCUT2D eigenvalue weighted by molar-refractivity contribution is 5.13. The third kappa shape index (κ3) is 17.5. The van der Waals surface area contributed by atoms with Crippen LogP contribution in [0.4, 0.5) is 0 Å². The third-order valence-corrected chi connectivity index (χ3v) is 6.34. The van der Waals surface area contributed by atoms with Gasteiger partial charge in [-0.05, 0) is 12.8 Å².